The lowest BCUT2D eigenvalue weighted by molar-refractivity contribution is -0.129. The molecule has 1 fully saturated rings. The maximum absolute atomic E-state index is 13.6. The molecule has 2 aliphatic carbocycles. The zero-order valence-corrected chi connectivity index (χ0v) is 21.0. The third-order valence-corrected chi connectivity index (χ3v) is 7.58. The number of halogens is 1. The lowest BCUT2D eigenvalue weighted by Crippen LogP contribution is -2.55. The van der Waals surface area contributed by atoms with E-state index in [1.807, 2.05) is 24.3 Å². The van der Waals surface area contributed by atoms with Gasteiger partial charge in [0.2, 0.25) is 23.1 Å². The largest absolute Gasteiger partial charge is 0.496 e. The number of Topliss-reactive ketones (excluding diaryl/α,β-unsaturated/α-hetero) is 1. The van der Waals surface area contributed by atoms with Gasteiger partial charge in [0, 0.05) is 41.1 Å². The standard InChI is InChI=1S/C27H27ClN2O6/c1-14-10-18(29-16-8-5-9-17(11-16)30-26(33)15-6-4-7-15)12-21(31)27(14)25(32)22-19(34-2)13-20(35-3)23(28)24(22)36-27/h5,8-9,11-15,29H,4,6-7,10H2,1-3H3,(H,30,33). The van der Waals surface area contributed by atoms with Crippen LogP contribution in [0.4, 0.5) is 11.4 Å². The van der Waals surface area contributed by atoms with Gasteiger partial charge in [0.15, 0.2) is 5.75 Å². The lowest BCUT2D eigenvalue weighted by Gasteiger charge is -2.35. The van der Waals surface area contributed by atoms with E-state index in [9.17, 15) is 14.4 Å². The molecule has 2 aromatic carbocycles. The number of benzene rings is 2. The van der Waals surface area contributed by atoms with Crippen LogP contribution in [0.15, 0.2) is 42.1 Å². The van der Waals surface area contributed by atoms with Crippen LogP contribution in [0.3, 0.4) is 0 Å². The van der Waals surface area contributed by atoms with Gasteiger partial charge in [-0.25, -0.2) is 0 Å². The Morgan fingerprint density at radius 1 is 1.11 bits per heavy atom. The zero-order chi connectivity index (χ0) is 25.6. The summed E-state index contributed by atoms with van der Waals surface area (Å²) in [6.07, 6.45) is 4.72. The van der Waals surface area contributed by atoms with Gasteiger partial charge in [-0.2, -0.15) is 0 Å². The van der Waals surface area contributed by atoms with Crippen LogP contribution in [0.2, 0.25) is 5.02 Å². The normalized spacial score (nSPS) is 22.9. The molecular weight excluding hydrogens is 484 g/mol. The maximum atomic E-state index is 13.6. The lowest BCUT2D eigenvalue weighted by atomic mass is 9.74. The van der Waals surface area contributed by atoms with Crippen LogP contribution in [-0.4, -0.2) is 37.3 Å². The highest BCUT2D eigenvalue weighted by molar-refractivity contribution is 6.36. The van der Waals surface area contributed by atoms with Crippen molar-refractivity contribution in [1.82, 2.24) is 0 Å². The molecule has 1 amide bonds. The molecule has 0 aromatic heterocycles. The van der Waals surface area contributed by atoms with Crippen molar-refractivity contribution in [3.63, 3.8) is 0 Å². The van der Waals surface area contributed by atoms with Gasteiger partial charge in [0.05, 0.1) is 14.2 Å². The average molecular weight is 511 g/mol. The molecule has 8 nitrogen and oxygen atoms in total. The molecule has 1 aliphatic heterocycles. The van der Waals surface area contributed by atoms with E-state index >= 15 is 0 Å². The highest BCUT2D eigenvalue weighted by Gasteiger charge is 2.60. The van der Waals surface area contributed by atoms with E-state index in [4.69, 9.17) is 25.8 Å². The Morgan fingerprint density at radius 3 is 2.47 bits per heavy atom. The molecule has 1 heterocycles. The number of rotatable bonds is 6. The molecule has 0 saturated heterocycles. The number of anilines is 2. The summed E-state index contributed by atoms with van der Waals surface area (Å²) in [5, 5.41) is 6.33. The second-order valence-corrected chi connectivity index (χ2v) is 9.81. The number of amides is 1. The third kappa shape index (κ3) is 3.80. The van der Waals surface area contributed by atoms with Gasteiger partial charge in [-0.15, -0.1) is 0 Å². The summed E-state index contributed by atoms with van der Waals surface area (Å²) in [5.41, 5.74) is 0.464. The summed E-state index contributed by atoms with van der Waals surface area (Å²) in [7, 11) is 2.88. The maximum Gasteiger partial charge on any atom is 0.236 e. The number of ether oxygens (including phenoxy) is 3. The van der Waals surface area contributed by atoms with Crippen molar-refractivity contribution in [1.29, 1.82) is 0 Å². The van der Waals surface area contributed by atoms with E-state index in [1.54, 1.807) is 6.92 Å². The summed E-state index contributed by atoms with van der Waals surface area (Å²) < 4.78 is 16.7. The van der Waals surface area contributed by atoms with Crippen molar-refractivity contribution >= 4 is 40.4 Å². The van der Waals surface area contributed by atoms with E-state index in [0.717, 1.165) is 24.9 Å². The van der Waals surface area contributed by atoms with Crippen LogP contribution in [-0.2, 0) is 9.59 Å². The summed E-state index contributed by atoms with van der Waals surface area (Å²) >= 11 is 6.44. The van der Waals surface area contributed by atoms with E-state index in [1.165, 1.54) is 26.4 Å². The molecule has 2 unspecified atom stereocenters. The second-order valence-electron chi connectivity index (χ2n) is 9.43. The summed E-state index contributed by atoms with van der Waals surface area (Å²) in [6.45, 7) is 1.79. The second kappa shape index (κ2) is 9.17. The van der Waals surface area contributed by atoms with Crippen LogP contribution >= 0.6 is 11.6 Å². The average Bonchev–Trinajstić information content (AvgIpc) is 3.12. The first-order chi connectivity index (χ1) is 17.3. The first kappa shape index (κ1) is 24.2. The van der Waals surface area contributed by atoms with Crippen molar-refractivity contribution in [3.05, 3.63) is 52.7 Å². The Morgan fingerprint density at radius 2 is 1.83 bits per heavy atom. The van der Waals surface area contributed by atoms with Gasteiger partial charge < -0.3 is 24.8 Å². The van der Waals surface area contributed by atoms with E-state index in [0.29, 0.717) is 17.8 Å². The minimum atomic E-state index is -1.73. The van der Waals surface area contributed by atoms with Gasteiger partial charge in [0.25, 0.3) is 0 Å². The third-order valence-electron chi connectivity index (χ3n) is 7.22. The monoisotopic (exact) mass is 510 g/mol. The summed E-state index contributed by atoms with van der Waals surface area (Å²) in [5.74, 6) is -0.718. The molecule has 188 valence electrons. The highest BCUT2D eigenvalue weighted by Crippen LogP contribution is 2.53. The summed E-state index contributed by atoms with van der Waals surface area (Å²) in [4.78, 5) is 39.4. The first-order valence-corrected chi connectivity index (χ1v) is 12.3. The molecule has 2 N–H and O–H groups in total. The number of fused-ring (bicyclic) bond motifs is 1. The van der Waals surface area contributed by atoms with Crippen molar-refractivity contribution in [2.45, 2.75) is 38.2 Å². The van der Waals surface area contributed by atoms with Crippen molar-refractivity contribution < 1.29 is 28.6 Å². The van der Waals surface area contributed by atoms with Gasteiger partial charge >= 0.3 is 0 Å². The Hall–Kier alpha value is -3.52. The topological polar surface area (TPSA) is 103 Å². The molecule has 1 saturated carbocycles. The fourth-order valence-electron chi connectivity index (χ4n) is 4.99. The molecule has 9 heteroatoms. The van der Waals surface area contributed by atoms with Crippen LogP contribution in [0.5, 0.6) is 17.2 Å². The minimum Gasteiger partial charge on any atom is -0.496 e. The van der Waals surface area contributed by atoms with Crippen LogP contribution < -0.4 is 24.8 Å². The Bertz CT molecular complexity index is 1300. The number of ketones is 2. The Kier molecular flexibility index (Phi) is 6.16. The van der Waals surface area contributed by atoms with E-state index < -0.39 is 23.1 Å². The highest BCUT2D eigenvalue weighted by atomic mass is 35.5. The molecular formula is C27H27ClN2O6. The van der Waals surface area contributed by atoms with Crippen molar-refractivity contribution in [2.75, 3.05) is 24.9 Å². The van der Waals surface area contributed by atoms with Crippen molar-refractivity contribution in [3.8, 4) is 17.2 Å². The van der Waals surface area contributed by atoms with Crippen LogP contribution in [0, 0.1) is 11.8 Å². The molecule has 3 aliphatic rings. The molecule has 2 atom stereocenters. The number of nitrogens with one attached hydrogen (secondary N) is 2. The fraction of sp³-hybridized carbons (Fsp3) is 0.370. The first-order valence-electron chi connectivity index (χ1n) is 11.9. The summed E-state index contributed by atoms with van der Waals surface area (Å²) in [6, 6.07) is 8.84. The Balaban J connectivity index is 1.39. The van der Waals surface area contributed by atoms with E-state index in [2.05, 4.69) is 10.6 Å². The van der Waals surface area contributed by atoms with Crippen LogP contribution in [0.1, 0.15) is 43.0 Å². The van der Waals surface area contributed by atoms with Gasteiger partial charge in [-0.1, -0.05) is 31.0 Å². The van der Waals surface area contributed by atoms with Crippen LogP contribution in [0.25, 0.3) is 0 Å². The smallest absolute Gasteiger partial charge is 0.236 e. The fourth-order valence-corrected chi connectivity index (χ4v) is 5.26. The number of hydrogen-bond donors (Lipinski definition) is 2. The predicted molar refractivity (Wildman–Crippen MR) is 135 cm³/mol. The van der Waals surface area contributed by atoms with Gasteiger partial charge in [-0.3, -0.25) is 14.4 Å². The molecule has 2 aromatic rings. The minimum absolute atomic E-state index is 0.0307. The number of hydrogen-bond acceptors (Lipinski definition) is 7. The number of carbonyl (C=O) groups is 3. The quantitative estimate of drug-likeness (QED) is 0.526. The molecule has 0 bridgehead atoms. The van der Waals surface area contributed by atoms with Gasteiger partial charge in [-0.05, 0) is 37.5 Å². The van der Waals surface area contributed by atoms with E-state index in [-0.39, 0.29) is 39.7 Å². The number of allylic oxidation sites excluding steroid dienone is 1. The Labute approximate surface area is 213 Å². The predicted octanol–water partition coefficient (Wildman–Crippen LogP) is 5.01. The number of methoxy groups -OCH3 is 2. The molecule has 5 rings (SSSR count). The van der Waals surface area contributed by atoms with Crippen molar-refractivity contribution in [2.24, 2.45) is 11.8 Å². The molecule has 1 spiro atoms. The number of carbonyl (C=O) groups excluding carboxylic acids is 3. The molecule has 36 heavy (non-hydrogen) atoms. The zero-order valence-electron chi connectivity index (χ0n) is 20.3. The van der Waals surface area contributed by atoms with Gasteiger partial charge in [0.1, 0.15) is 22.1 Å². The SMILES string of the molecule is COc1cc(OC)c2c(c1Cl)OC1(C(=O)C=C(Nc3cccc(NC(=O)C4CCC4)c3)CC1C)C2=O. The molecule has 0 radical (unpaired) electrons.